The van der Waals surface area contributed by atoms with Crippen LogP contribution in [0.25, 0.3) is 10.9 Å². The van der Waals surface area contributed by atoms with Crippen LogP contribution >= 0.6 is 0 Å². The van der Waals surface area contributed by atoms with Gasteiger partial charge in [0.15, 0.2) is 0 Å². The molecule has 4 nitrogen and oxygen atoms in total. The molecule has 1 heterocycles. The minimum atomic E-state index is 0.499. The van der Waals surface area contributed by atoms with Gasteiger partial charge in [-0.15, -0.1) is 0 Å². The zero-order valence-corrected chi connectivity index (χ0v) is 12.2. The lowest BCUT2D eigenvalue weighted by Gasteiger charge is -2.17. The second kappa shape index (κ2) is 6.25. The smallest absolute Gasteiger partial charge is 0.131 e. The van der Waals surface area contributed by atoms with Crippen LogP contribution in [0.4, 0.5) is 5.82 Å². The van der Waals surface area contributed by atoms with E-state index in [9.17, 15) is 0 Å². The summed E-state index contributed by atoms with van der Waals surface area (Å²) < 4.78 is 5.52. The van der Waals surface area contributed by atoms with Crippen LogP contribution in [-0.2, 0) is 6.42 Å². The molecular formula is C16H19N3O. The highest BCUT2D eigenvalue weighted by molar-refractivity contribution is 5.83. The van der Waals surface area contributed by atoms with Gasteiger partial charge in [-0.25, -0.2) is 4.98 Å². The number of pyridine rings is 1. The van der Waals surface area contributed by atoms with Crippen molar-refractivity contribution >= 4 is 16.7 Å². The summed E-state index contributed by atoms with van der Waals surface area (Å²) in [6, 6.07) is 10.2. The third-order valence-corrected chi connectivity index (χ3v) is 3.08. The Morgan fingerprint density at radius 3 is 2.75 bits per heavy atom. The van der Waals surface area contributed by atoms with Crippen LogP contribution in [0.5, 0.6) is 5.75 Å². The number of anilines is 1. The molecule has 0 radical (unpaired) electrons. The number of benzene rings is 1. The van der Waals surface area contributed by atoms with E-state index in [2.05, 4.69) is 17.1 Å². The number of fused-ring (bicyclic) bond motifs is 1. The zero-order valence-electron chi connectivity index (χ0n) is 12.2. The molecule has 0 saturated heterocycles. The summed E-state index contributed by atoms with van der Waals surface area (Å²) >= 11 is 0. The lowest BCUT2D eigenvalue weighted by molar-refractivity contribution is 0.340. The van der Waals surface area contributed by atoms with Crippen LogP contribution in [0.15, 0.2) is 24.3 Å². The lowest BCUT2D eigenvalue weighted by atomic mass is 10.1. The Labute approximate surface area is 119 Å². The fraction of sp³-hybridized carbons (Fsp3) is 0.375. The summed E-state index contributed by atoms with van der Waals surface area (Å²) in [6.07, 6.45) is 1.21. The number of nitrogens with zero attached hydrogens (tertiary/aromatic N) is 3. The van der Waals surface area contributed by atoms with Crippen LogP contribution in [0.3, 0.4) is 0 Å². The molecule has 20 heavy (non-hydrogen) atoms. The number of nitriles is 1. The van der Waals surface area contributed by atoms with Gasteiger partial charge in [0.2, 0.25) is 0 Å². The number of hydrogen-bond donors (Lipinski definition) is 0. The van der Waals surface area contributed by atoms with Crippen LogP contribution in [0, 0.1) is 11.3 Å². The highest BCUT2D eigenvalue weighted by Crippen LogP contribution is 2.26. The molecule has 0 atom stereocenters. The molecule has 0 aliphatic rings. The van der Waals surface area contributed by atoms with Gasteiger partial charge in [-0.05, 0) is 43.2 Å². The first-order valence-corrected chi connectivity index (χ1v) is 6.76. The summed E-state index contributed by atoms with van der Waals surface area (Å²) in [4.78, 5) is 6.68. The Morgan fingerprint density at radius 2 is 2.10 bits per heavy atom. The van der Waals surface area contributed by atoms with Gasteiger partial charge >= 0.3 is 0 Å². The van der Waals surface area contributed by atoms with Gasteiger partial charge in [0.05, 0.1) is 18.2 Å². The minimum Gasteiger partial charge on any atom is -0.494 e. The van der Waals surface area contributed by atoms with Gasteiger partial charge in [-0.2, -0.15) is 5.26 Å². The predicted molar refractivity (Wildman–Crippen MR) is 81.2 cm³/mol. The first kappa shape index (κ1) is 14.1. The Morgan fingerprint density at radius 1 is 1.30 bits per heavy atom. The first-order valence-electron chi connectivity index (χ1n) is 6.76. The van der Waals surface area contributed by atoms with E-state index < -0.39 is 0 Å². The fourth-order valence-corrected chi connectivity index (χ4v) is 2.21. The second-order valence-electron chi connectivity index (χ2n) is 4.81. The van der Waals surface area contributed by atoms with E-state index in [0.717, 1.165) is 28.0 Å². The molecule has 0 fully saturated rings. The molecule has 4 heteroatoms. The van der Waals surface area contributed by atoms with Crippen molar-refractivity contribution in [2.75, 3.05) is 25.6 Å². The monoisotopic (exact) mass is 269 g/mol. The summed E-state index contributed by atoms with van der Waals surface area (Å²) in [5.74, 6) is 1.78. The molecule has 2 aromatic rings. The Kier molecular flexibility index (Phi) is 4.41. The summed E-state index contributed by atoms with van der Waals surface area (Å²) in [6.45, 7) is 2.62. The van der Waals surface area contributed by atoms with E-state index in [4.69, 9.17) is 10.00 Å². The summed E-state index contributed by atoms with van der Waals surface area (Å²) in [5, 5.41) is 9.83. The third-order valence-electron chi connectivity index (χ3n) is 3.08. The number of aryl methyl sites for hydroxylation is 1. The molecule has 2 rings (SSSR count). The molecule has 1 aromatic heterocycles. The van der Waals surface area contributed by atoms with Crippen molar-refractivity contribution < 1.29 is 4.74 Å². The van der Waals surface area contributed by atoms with Crippen LogP contribution in [-0.4, -0.2) is 25.7 Å². The molecule has 0 N–H and O–H groups in total. The molecule has 104 valence electrons. The molecule has 0 aliphatic carbocycles. The van der Waals surface area contributed by atoms with Crippen molar-refractivity contribution in [3.63, 3.8) is 0 Å². The molecule has 0 bridgehead atoms. The van der Waals surface area contributed by atoms with Crippen molar-refractivity contribution in [2.45, 2.75) is 19.8 Å². The van der Waals surface area contributed by atoms with Gasteiger partial charge in [0.1, 0.15) is 11.6 Å². The minimum absolute atomic E-state index is 0.499. The lowest BCUT2D eigenvalue weighted by Crippen LogP contribution is -2.13. The van der Waals surface area contributed by atoms with Crippen molar-refractivity contribution in [1.82, 2.24) is 4.98 Å². The van der Waals surface area contributed by atoms with E-state index >= 15 is 0 Å². The van der Waals surface area contributed by atoms with E-state index in [1.165, 1.54) is 0 Å². The quantitative estimate of drug-likeness (QED) is 0.836. The molecule has 0 spiro atoms. The average molecular weight is 269 g/mol. The maximum absolute atomic E-state index is 8.78. The third kappa shape index (κ3) is 3.00. The van der Waals surface area contributed by atoms with Gasteiger partial charge in [-0.1, -0.05) is 0 Å². The Bertz CT molecular complexity index is 644. The highest BCUT2D eigenvalue weighted by atomic mass is 16.5. The predicted octanol–water partition coefficient (Wildman–Crippen LogP) is 3.16. The molecule has 0 amide bonds. The molecule has 0 aliphatic heterocycles. The largest absolute Gasteiger partial charge is 0.494 e. The van der Waals surface area contributed by atoms with Gasteiger partial charge in [0, 0.05) is 25.9 Å². The maximum Gasteiger partial charge on any atom is 0.131 e. The van der Waals surface area contributed by atoms with Crippen molar-refractivity contribution in [3.8, 4) is 11.8 Å². The Balaban J connectivity index is 2.50. The SMILES string of the molecule is CCOc1ccc2nc(N(C)C)c(CCC#N)cc2c1. The Hall–Kier alpha value is -2.28. The van der Waals surface area contributed by atoms with Crippen molar-refractivity contribution in [1.29, 1.82) is 5.26 Å². The van der Waals surface area contributed by atoms with Gasteiger partial charge < -0.3 is 9.64 Å². The van der Waals surface area contributed by atoms with Crippen LogP contribution < -0.4 is 9.64 Å². The highest BCUT2D eigenvalue weighted by Gasteiger charge is 2.09. The normalized spacial score (nSPS) is 10.3. The van der Waals surface area contributed by atoms with Crippen LogP contribution in [0.1, 0.15) is 18.9 Å². The number of rotatable bonds is 5. The van der Waals surface area contributed by atoms with Crippen molar-refractivity contribution in [2.24, 2.45) is 0 Å². The standard InChI is InChI=1S/C16H19N3O/c1-4-20-14-7-8-15-13(11-14)10-12(6-5-9-17)16(18-15)19(2)3/h7-8,10-11H,4-6H2,1-3H3. The molecule has 0 saturated carbocycles. The maximum atomic E-state index is 8.78. The van der Waals surface area contributed by atoms with Crippen LogP contribution in [0.2, 0.25) is 0 Å². The van der Waals surface area contributed by atoms with E-state index in [0.29, 0.717) is 19.4 Å². The number of hydrogen-bond acceptors (Lipinski definition) is 4. The topological polar surface area (TPSA) is 49.1 Å². The average Bonchev–Trinajstić information content (AvgIpc) is 2.44. The molecule has 1 aromatic carbocycles. The van der Waals surface area contributed by atoms with E-state index in [1.54, 1.807) is 0 Å². The summed E-state index contributed by atoms with van der Waals surface area (Å²) in [5.41, 5.74) is 2.04. The molecular weight excluding hydrogens is 250 g/mol. The van der Waals surface area contributed by atoms with Crippen molar-refractivity contribution in [3.05, 3.63) is 29.8 Å². The first-order chi connectivity index (χ1) is 9.65. The van der Waals surface area contributed by atoms with Gasteiger partial charge in [0.25, 0.3) is 0 Å². The fourth-order valence-electron chi connectivity index (χ4n) is 2.21. The second-order valence-corrected chi connectivity index (χ2v) is 4.81. The van der Waals surface area contributed by atoms with E-state index in [1.807, 2.05) is 44.1 Å². The number of ether oxygens (including phenoxy) is 1. The van der Waals surface area contributed by atoms with E-state index in [-0.39, 0.29) is 0 Å². The summed E-state index contributed by atoms with van der Waals surface area (Å²) in [7, 11) is 3.94. The molecule has 0 unspecified atom stereocenters. The number of aromatic nitrogens is 1. The van der Waals surface area contributed by atoms with Gasteiger partial charge in [-0.3, -0.25) is 0 Å². The zero-order chi connectivity index (χ0) is 14.5.